The number of nitrogens with two attached hydrogens (primary N) is 1. The Balaban J connectivity index is 1.80. The first-order chi connectivity index (χ1) is 13.2. The fourth-order valence-electron chi connectivity index (χ4n) is 2.44. The van der Waals surface area contributed by atoms with Gasteiger partial charge in [0.05, 0.1) is 4.47 Å². The zero-order valence-corrected chi connectivity index (χ0v) is 17.5. The van der Waals surface area contributed by atoms with Gasteiger partial charge in [0.1, 0.15) is 16.7 Å². The van der Waals surface area contributed by atoms with Crippen molar-refractivity contribution in [3.05, 3.63) is 67.9 Å². The highest BCUT2D eigenvalue weighted by atomic mass is 79.9. The molecule has 3 aromatic rings. The number of rotatable bonds is 5. The Labute approximate surface area is 178 Å². The first-order valence-electron chi connectivity index (χ1n) is 7.95. The Morgan fingerprint density at radius 1 is 1.36 bits per heavy atom. The summed E-state index contributed by atoms with van der Waals surface area (Å²) in [5.41, 5.74) is 6.37. The molecule has 2 aromatic carbocycles. The largest absolute Gasteiger partial charge is 0.453 e. The van der Waals surface area contributed by atoms with Crippen molar-refractivity contribution in [1.82, 2.24) is 15.3 Å². The van der Waals surface area contributed by atoms with Crippen molar-refractivity contribution in [1.29, 1.82) is 0 Å². The lowest BCUT2D eigenvalue weighted by Gasteiger charge is -2.13. The molecule has 6 nitrogen and oxygen atoms in total. The summed E-state index contributed by atoms with van der Waals surface area (Å²) in [6.45, 7) is 1.58. The lowest BCUT2D eigenvalue weighted by atomic mass is 10.2. The summed E-state index contributed by atoms with van der Waals surface area (Å²) < 4.78 is 20.9. The van der Waals surface area contributed by atoms with Crippen LogP contribution in [0.15, 0.2) is 34.8 Å². The maximum Gasteiger partial charge on any atom is 0.273 e. The summed E-state index contributed by atoms with van der Waals surface area (Å²) in [6.07, 6.45) is 0. The maximum atomic E-state index is 14.9. The van der Waals surface area contributed by atoms with Crippen LogP contribution < -0.4 is 15.8 Å². The molecule has 10 heteroatoms. The van der Waals surface area contributed by atoms with Crippen LogP contribution in [0.5, 0.6) is 11.5 Å². The lowest BCUT2D eigenvalue weighted by Crippen LogP contribution is -2.24. The standard InChI is InChI=1S/C18H14BrCl2FN4O2/c1-8-25-15(17(21)26-8)18(27)24-7-9-2-3-13(19)16(14(9)22)28-12-5-10(20)4-11(23)6-12/h2-6H,7,23H2,1H3,(H,24,27)(H,25,26). The number of carbonyl (C=O) groups is 1. The second-order valence-corrected chi connectivity index (χ2v) is 7.51. The Bertz CT molecular complexity index is 1040. The molecule has 0 fully saturated rings. The van der Waals surface area contributed by atoms with Gasteiger partial charge in [0.25, 0.3) is 5.91 Å². The van der Waals surface area contributed by atoms with Crippen molar-refractivity contribution in [3.63, 3.8) is 0 Å². The third kappa shape index (κ3) is 4.57. The molecule has 0 aliphatic heterocycles. The van der Waals surface area contributed by atoms with E-state index in [1.165, 1.54) is 18.2 Å². The average Bonchev–Trinajstić information content (AvgIpc) is 2.95. The number of aromatic nitrogens is 2. The molecular formula is C18H14BrCl2FN4O2. The quantitative estimate of drug-likeness (QED) is 0.429. The Kier molecular flexibility index (Phi) is 6.12. The minimum atomic E-state index is -0.641. The molecule has 0 unspecified atom stereocenters. The van der Waals surface area contributed by atoms with Gasteiger partial charge in [-0.2, -0.15) is 0 Å². The third-order valence-corrected chi connectivity index (χ3v) is 4.79. The van der Waals surface area contributed by atoms with Gasteiger partial charge in [-0.25, -0.2) is 9.37 Å². The Morgan fingerprint density at radius 2 is 2.11 bits per heavy atom. The molecule has 1 amide bonds. The van der Waals surface area contributed by atoms with Crippen LogP contribution in [0.25, 0.3) is 0 Å². The van der Waals surface area contributed by atoms with E-state index in [4.69, 9.17) is 33.7 Å². The molecule has 0 spiro atoms. The molecule has 0 saturated carbocycles. The van der Waals surface area contributed by atoms with E-state index in [0.29, 0.717) is 21.0 Å². The molecule has 1 aromatic heterocycles. The molecular weight excluding hydrogens is 474 g/mol. The van der Waals surface area contributed by atoms with Crippen LogP contribution in [0.2, 0.25) is 10.2 Å². The predicted octanol–water partition coefficient (Wildman–Crippen LogP) is 5.23. The molecule has 3 rings (SSSR count). The van der Waals surface area contributed by atoms with E-state index in [0.717, 1.165) is 0 Å². The minimum absolute atomic E-state index is 0.0440. The van der Waals surface area contributed by atoms with Crippen molar-refractivity contribution in [2.75, 3.05) is 5.73 Å². The summed E-state index contributed by atoms with van der Waals surface area (Å²) in [5, 5.41) is 3.06. The number of nitrogens with one attached hydrogen (secondary N) is 2. The van der Waals surface area contributed by atoms with E-state index in [1.54, 1.807) is 19.1 Å². The SMILES string of the molecule is Cc1nc(C(=O)NCc2ccc(Br)c(Oc3cc(N)cc(Cl)c3)c2F)c(Cl)[nH]1. The highest BCUT2D eigenvalue weighted by molar-refractivity contribution is 9.10. The van der Waals surface area contributed by atoms with Gasteiger partial charge in [-0.3, -0.25) is 4.79 Å². The minimum Gasteiger partial charge on any atom is -0.453 e. The summed E-state index contributed by atoms with van der Waals surface area (Å²) in [7, 11) is 0. The molecule has 28 heavy (non-hydrogen) atoms. The van der Waals surface area contributed by atoms with Gasteiger partial charge in [0.15, 0.2) is 17.3 Å². The van der Waals surface area contributed by atoms with Crippen molar-refractivity contribution in [3.8, 4) is 11.5 Å². The first-order valence-corrected chi connectivity index (χ1v) is 9.50. The zero-order valence-electron chi connectivity index (χ0n) is 14.4. The number of halogens is 4. The second-order valence-electron chi connectivity index (χ2n) is 5.84. The monoisotopic (exact) mass is 486 g/mol. The molecule has 0 aliphatic carbocycles. The van der Waals surface area contributed by atoms with E-state index >= 15 is 0 Å². The van der Waals surface area contributed by atoms with Crippen LogP contribution in [-0.2, 0) is 6.54 Å². The molecule has 1 heterocycles. The average molecular weight is 488 g/mol. The third-order valence-electron chi connectivity index (χ3n) is 3.68. The van der Waals surface area contributed by atoms with E-state index in [1.807, 2.05) is 0 Å². The number of carbonyl (C=O) groups excluding carboxylic acids is 1. The number of benzene rings is 2. The van der Waals surface area contributed by atoms with Gasteiger partial charge in [0, 0.05) is 28.9 Å². The number of nitrogens with zero attached hydrogens (tertiary/aromatic N) is 1. The highest BCUT2D eigenvalue weighted by Crippen LogP contribution is 2.35. The lowest BCUT2D eigenvalue weighted by molar-refractivity contribution is 0.0946. The number of ether oxygens (including phenoxy) is 1. The normalized spacial score (nSPS) is 10.8. The molecule has 4 N–H and O–H groups in total. The van der Waals surface area contributed by atoms with Gasteiger partial charge < -0.3 is 20.8 Å². The van der Waals surface area contributed by atoms with Crippen LogP contribution in [0.1, 0.15) is 21.9 Å². The van der Waals surface area contributed by atoms with Crippen LogP contribution in [-0.4, -0.2) is 15.9 Å². The van der Waals surface area contributed by atoms with Crippen molar-refractivity contribution >= 4 is 50.7 Å². The van der Waals surface area contributed by atoms with Gasteiger partial charge in [-0.05, 0) is 41.1 Å². The number of aryl methyl sites for hydroxylation is 1. The zero-order chi connectivity index (χ0) is 20.4. The van der Waals surface area contributed by atoms with Crippen LogP contribution in [0, 0.1) is 12.7 Å². The summed E-state index contributed by atoms with van der Waals surface area (Å²) in [4.78, 5) is 18.9. The van der Waals surface area contributed by atoms with E-state index in [-0.39, 0.29) is 34.5 Å². The number of imidazole rings is 1. The number of anilines is 1. The first kappa shape index (κ1) is 20.4. The van der Waals surface area contributed by atoms with Crippen LogP contribution >= 0.6 is 39.1 Å². The number of hydrogen-bond acceptors (Lipinski definition) is 4. The Morgan fingerprint density at radius 3 is 2.75 bits per heavy atom. The fraction of sp³-hybridized carbons (Fsp3) is 0.111. The highest BCUT2D eigenvalue weighted by Gasteiger charge is 2.18. The Hall–Kier alpha value is -2.29. The van der Waals surface area contributed by atoms with Crippen molar-refractivity contribution in [2.24, 2.45) is 0 Å². The van der Waals surface area contributed by atoms with Gasteiger partial charge in [-0.15, -0.1) is 0 Å². The predicted molar refractivity (Wildman–Crippen MR) is 110 cm³/mol. The molecule has 0 aliphatic rings. The molecule has 146 valence electrons. The van der Waals surface area contributed by atoms with Gasteiger partial charge >= 0.3 is 0 Å². The molecule has 0 atom stereocenters. The summed E-state index contributed by atoms with van der Waals surface area (Å²) >= 11 is 15.1. The van der Waals surface area contributed by atoms with Crippen LogP contribution in [0.4, 0.5) is 10.1 Å². The maximum absolute atomic E-state index is 14.9. The topological polar surface area (TPSA) is 93.0 Å². The smallest absolute Gasteiger partial charge is 0.273 e. The fourth-order valence-corrected chi connectivity index (χ4v) is 3.32. The molecule has 0 bridgehead atoms. The van der Waals surface area contributed by atoms with Gasteiger partial charge in [0.2, 0.25) is 0 Å². The number of hydrogen-bond donors (Lipinski definition) is 3. The number of nitrogen functional groups attached to an aromatic ring is 1. The molecule has 0 radical (unpaired) electrons. The second kappa shape index (κ2) is 8.38. The van der Waals surface area contributed by atoms with E-state index in [2.05, 4.69) is 31.2 Å². The molecule has 0 saturated heterocycles. The summed E-state index contributed by atoms with van der Waals surface area (Å²) in [6, 6.07) is 7.72. The van der Waals surface area contributed by atoms with Crippen LogP contribution in [0.3, 0.4) is 0 Å². The summed E-state index contributed by atoms with van der Waals surface area (Å²) in [5.74, 6) is -0.438. The van der Waals surface area contributed by atoms with E-state index in [9.17, 15) is 9.18 Å². The van der Waals surface area contributed by atoms with Crippen molar-refractivity contribution in [2.45, 2.75) is 13.5 Å². The number of aromatic amines is 1. The number of H-pyrrole nitrogens is 1. The van der Waals surface area contributed by atoms with E-state index < -0.39 is 11.7 Å². The van der Waals surface area contributed by atoms with Gasteiger partial charge in [-0.1, -0.05) is 29.3 Å². The number of amides is 1. The van der Waals surface area contributed by atoms with Crippen molar-refractivity contribution < 1.29 is 13.9 Å².